The molecule has 0 radical (unpaired) electrons. The Morgan fingerprint density at radius 1 is 1.53 bits per heavy atom. The third kappa shape index (κ3) is 2.82. The molecule has 0 aromatic carbocycles. The topological polar surface area (TPSA) is 88.6 Å². The van der Waals surface area contributed by atoms with E-state index in [-0.39, 0.29) is 30.8 Å². The summed E-state index contributed by atoms with van der Waals surface area (Å²) < 4.78 is 2.48. The summed E-state index contributed by atoms with van der Waals surface area (Å²) in [5.41, 5.74) is 0.136. The number of hydrogen-bond donors (Lipinski definition) is 2. The average Bonchev–Trinajstić information content (AvgIpc) is 2.73. The number of hydrogen-bond acceptors (Lipinski definition) is 4. The van der Waals surface area contributed by atoms with E-state index < -0.39 is 0 Å². The molecule has 0 aliphatic carbocycles. The van der Waals surface area contributed by atoms with E-state index >= 15 is 0 Å². The lowest BCUT2D eigenvalue weighted by atomic mass is 10.2. The second-order valence-corrected chi connectivity index (χ2v) is 4.22. The van der Waals surface area contributed by atoms with Crippen LogP contribution in [0.15, 0.2) is 29.2 Å². The Morgan fingerprint density at radius 3 is 2.95 bits per heavy atom. The van der Waals surface area contributed by atoms with Crippen LogP contribution in [0.1, 0.15) is 13.3 Å². The van der Waals surface area contributed by atoms with Crippen molar-refractivity contribution in [3.05, 3.63) is 34.9 Å². The fourth-order valence-corrected chi connectivity index (χ4v) is 1.76. The van der Waals surface area contributed by atoms with Gasteiger partial charge < -0.3 is 10.4 Å². The number of nitrogens with zero attached hydrogens (tertiary/aromatic N) is 3. The van der Waals surface area contributed by atoms with E-state index in [0.29, 0.717) is 12.1 Å². The van der Waals surface area contributed by atoms with E-state index in [1.807, 2.05) is 6.92 Å². The van der Waals surface area contributed by atoms with Crippen LogP contribution in [0.25, 0.3) is 5.65 Å². The van der Waals surface area contributed by atoms with E-state index in [4.69, 9.17) is 5.11 Å². The summed E-state index contributed by atoms with van der Waals surface area (Å²) in [6, 6.07) is 4.89. The zero-order chi connectivity index (χ0) is 13.8. The molecule has 2 aromatic rings. The molecule has 2 aromatic heterocycles. The zero-order valence-electron chi connectivity index (χ0n) is 10.6. The van der Waals surface area contributed by atoms with Gasteiger partial charge in [-0.2, -0.15) is 0 Å². The predicted octanol–water partition coefficient (Wildman–Crippen LogP) is -0.617. The van der Waals surface area contributed by atoms with Crippen molar-refractivity contribution in [2.45, 2.75) is 25.9 Å². The highest BCUT2D eigenvalue weighted by Crippen LogP contribution is 1.95. The predicted molar refractivity (Wildman–Crippen MR) is 68.8 cm³/mol. The van der Waals surface area contributed by atoms with Gasteiger partial charge in [0.2, 0.25) is 5.91 Å². The van der Waals surface area contributed by atoms with Crippen LogP contribution in [-0.2, 0) is 11.3 Å². The Kier molecular flexibility index (Phi) is 3.96. The fourth-order valence-electron chi connectivity index (χ4n) is 1.76. The number of rotatable bonds is 5. The summed E-state index contributed by atoms with van der Waals surface area (Å²) in [7, 11) is 0. The molecule has 0 saturated carbocycles. The van der Waals surface area contributed by atoms with Gasteiger partial charge in [-0.3, -0.25) is 9.20 Å². The minimum Gasteiger partial charge on any atom is -0.394 e. The first-order chi connectivity index (χ1) is 9.15. The van der Waals surface area contributed by atoms with Gasteiger partial charge in [-0.05, 0) is 18.6 Å². The highest BCUT2D eigenvalue weighted by atomic mass is 16.3. The van der Waals surface area contributed by atoms with Crippen LogP contribution in [0.4, 0.5) is 0 Å². The molecule has 1 atom stereocenters. The molecule has 0 aliphatic heterocycles. The summed E-state index contributed by atoms with van der Waals surface area (Å²) >= 11 is 0. The molecule has 0 saturated heterocycles. The number of fused-ring (bicyclic) bond motifs is 1. The van der Waals surface area contributed by atoms with Crippen molar-refractivity contribution in [2.75, 3.05) is 6.61 Å². The van der Waals surface area contributed by atoms with Gasteiger partial charge in [0.05, 0.1) is 12.6 Å². The van der Waals surface area contributed by atoms with Crippen LogP contribution in [0.2, 0.25) is 0 Å². The van der Waals surface area contributed by atoms with Gasteiger partial charge in [-0.15, -0.1) is 5.10 Å². The van der Waals surface area contributed by atoms with Crippen molar-refractivity contribution in [3.8, 4) is 0 Å². The van der Waals surface area contributed by atoms with Gasteiger partial charge in [0.15, 0.2) is 5.65 Å². The van der Waals surface area contributed by atoms with Crippen LogP contribution in [0, 0.1) is 0 Å². The Balaban J connectivity index is 2.15. The standard InChI is InChI=1S/C12H16N4O3/c1-2-9(8-17)13-11(18)7-16-12(19)15-6-4-3-5-10(15)14-16/h3-6,9,17H,2,7-8H2,1H3,(H,13,18). The Hall–Kier alpha value is -2.15. The molecule has 1 amide bonds. The highest BCUT2D eigenvalue weighted by Gasteiger charge is 2.13. The number of aliphatic hydroxyl groups excluding tert-OH is 1. The fraction of sp³-hybridized carbons (Fsp3) is 0.417. The zero-order valence-corrected chi connectivity index (χ0v) is 10.6. The van der Waals surface area contributed by atoms with Crippen molar-refractivity contribution >= 4 is 11.6 Å². The largest absolute Gasteiger partial charge is 0.394 e. The summed E-state index contributed by atoms with van der Waals surface area (Å²) in [6.07, 6.45) is 2.23. The van der Waals surface area contributed by atoms with E-state index in [0.717, 1.165) is 4.68 Å². The van der Waals surface area contributed by atoms with Gasteiger partial charge >= 0.3 is 5.69 Å². The first-order valence-electron chi connectivity index (χ1n) is 6.10. The summed E-state index contributed by atoms with van der Waals surface area (Å²) in [4.78, 5) is 23.7. The van der Waals surface area contributed by atoms with Gasteiger partial charge in [0.1, 0.15) is 6.54 Å². The number of carbonyl (C=O) groups excluding carboxylic acids is 1. The van der Waals surface area contributed by atoms with Crippen molar-refractivity contribution in [1.29, 1.82) is 0 Å². The first kappa shape index (κ1) is 13.3. The van der Waals surface area contributed by atoms with Crippen LogP contribution in [0.5, 0.6) is 0 Å². The Morgan fingerprint density at radius 2 is 2.32 bits per heavy atom. The minimum absolute atomic E-state index is 0.123. The number of nitrogens with one attached hydrogen (secondary N) is 1. The number of pyridine rings is 1. The Labute approximate surface area is 109 Å². The van der Waals surface area contributed by atoms with Crippen molar-refractivity contribution in [2.24, 2.45) is 0 Å². The van der Waals surface area contributed by atoms with E-state index in [1.54, 1.807) is 24.4 Å². The smallest absolute Gasteiger partial charge is 0.350 e. The van der Waals surface area contributed by atoms with Gasteiger partial charge in [0.25, 0.3) is 0 Å². The molecule has 0 aliphatic rings. The molecule has 0 fully saturated rings. The van der Waals surface area contributed by atoms with Gasteiger partial charge in [-0.1, -0.05) is 13.0 Å². The van der Waals surface area contributed by atoms with Crippen LogP contribution >= 0.6 is 0 Å². The normalized spacial score (nSPS) is 12.5. The lowest BCUT2D eigenvalue weighted by molar-refractivity contribution is -0.122. The molecule has 0 bridgehead atoms. The van der Waals surface area contributed by atoms with Crippen molar-refractivity contribution < 1.29 is 9.90 Å². The molecular formula is C12H16N4O3. The molecule has 7 nitrogen and oxygen atoms in total. The first-order valence-corrected chi connectivity index (χ1v) is 6.10. The SMILES string of the molecule is CCC(CO)NC(=O)Cn1nc2ccccn2c1=O. The van der Waals surface area contributed by atoms with Gasteiger partial charge in [-0.25, -0.2) is 9.48 Å². The molecule has 19 heavy (non-hydrogen) atoms. The minimum atomic E-state index is -0.359. The average molecular weight is 264 g/mol. The number of aromatic nitrogens is 3. The third-order valence-corrected chi connectivity index (χ3v) is 2.86. The third-order valence-electron chi connectivity index (χ3n) is 2.86. The quantitative estimate of drug-likeness (QED) is 0.753. The second kappa shape index (κ2) is 5.66. The number of amides is 1. The molecule has 7 heteroatoms. The molecule has 2 N–H and O–H groups in total. The molecule has 2 heterocycles. The van der Waals surface area contributed by atoms with E-state index in [1.165, 1.54) is 4.40 Å². The summed E-state index contributed by atoms with van der Waals surface area (Å²) in [5.74, 6) is -0.341. The maximum absolute atomic E-state index is 11.9. The molecule has 0 spiro atoms. The highest BCUT2D eigenvalue weighted by molar-refractivity contribution is 5.76. The number of aliphatic hydroxyl groups is 1. The second-order valence-electron chi connectivity index (χ2n) is 4.22. The maximum Gasteiger partial charge on any atom is 0.350 e. The van der Waals surface area contributed by atoms with Crippen LogP contribution in [0.3, 0.4) is 0 Å². The lowest BCUT2D eigenvalue weighted by Crippen LogP contribution is -2.40. The lowest BCUT2D eigenvalue weighted by Gasteiger charge is -2.13. The van der Waals surface area contributed by atoms with Crippen LogP contribution in [-0.4, -0.2) is 37.8 Å². The van der Waals surface area contributed by atoms with Gasteiger partial charge in [0, 0.05) is 6.20 Å². The van der Waals surface area contributed by atoms with Crippen LogP contribution < -0.4 is 11.0 Å². The molecular weight excluding hydrogens is 248 g/mol. The van der Waals surface area contributed by atoms with Crippen molar-refractivity contribution in [1.82, 2.24) is 19.5 Å². The summed E-state index contributed by atoms with van der Waals surface area (Å²) in [5, 5.41) is 15.7. The van der Waals surface area contributed by atoms with E-state index in [9.17, 15) is 9.59 Å². The van der Waals surface area contributed by atoms with Crippen molar-refractivity contribution in [3.63, 3.8) is 0 Å². The Bertz CT molecular complexity index is 627. The molecule has 2 rings (SSSR count). The summed E-state index contributed by atoms with van der Waals surface area (Å²) in [6.45, 7) is 1.58. The molecule has 102 valence electrons. The monoisotopic (exact) mass is 264 g/mol. The maximum atomic E-state index is 11.9. The molecule has 1 unspecified atom stereocenters. The van der Waals surface area contributed by atoms with E-state index in [2.05, 4.69) is 10.4 Å². The number of carbonyl (C=O) groups is 1.